The number of nitrogens with two attached hydrogens (primary N) is 1. The summed E-state index contributed by atoms with van der Waals surface area (Å²) in [6.07, 6.45) is 5.72. The zero-order chi connectivity index (χ0) is 14.5. The first kappa shape index (κ1) is 14.7. The van der Waals surface area contributed by atoms with Crippen molar-refractivity contribution in [3.63, 3.8) is 0 Å². The minimum atomic E-state index is -0.799. The normalized spacial score (nSPS) is 22.4. The van der Waals surface area contributed by atoms with Gasteiger partial charge in [0.25, 0.3) is 0 Å². The van der Waals surface area contributed by atoms with Crippen molar-refractivity contribution in [1.29, 1.82) is 0 Å². The van der Waals surface area contributed by atoms with Gasteiger partial charge < -0.3 is 15.7 Å². The van der Waals surface area contributed by atoms with Gasteiger partial charge in [-0.1, -0.05) is 38.3 Å². The predicted octanol–water partition coefficient (Wildman–Crippen LogP) is 3.13. The molecule has 1 aromatic rings. The summed E-state index contributed by atoms with van der Waals surface area (Å²) < 4.78 is 0. The number of benzene rings is 1. The molecule has 0 saturated heterocycles. The van der Waals surface area contributed by atoms with Gasteiger partial charge in [0.2, 0.25) is 0 Å². The van der Waals surface area contributed by atoms with Crippen molar-refractivity contribution in [3.05, 3.63) is 24.3 Å². The van der Waals surface area contributed by atoms with Gasteiger partial charge in [0.1, 0.15) is 6.54 Å². The van der Waals surface area contributed by atoms with Crippen LogP contribution in [0.25, 0.3) is 0 Å². The molecule has 1 aromatic carbocycles. The zero-order valence-electron chi connectivity index (χ0n) is 12.1. The first-order valence-corrected chi connectivity index (χ1v) is 7.44. The lowest BCUT2D eigenvalue weighted by atomic mass is 9.83. The average Bonchev–Trinajstić information content (AvgIpc) is 2.45. The van der Waals surface area contributed by atoms with Gasteiger partial charge in [0.05, 0.1) is 11.4 Å². The van der Waals surface area contributed by atoms with Crippen molar-refractivity contribution in [2.24, 2.45) is 5.92 Å². The summed E-state index contributed by atoms with van der Waals surface area (Å²) in [5.74, 6) is -0.0955. The van der Waals surface area contributed by atoms with Crippen molar-refractivity contribution < 1.29 is 9.90 Å². The number of carbonyl (C=O) groups is 1. The molecule has 1 aliphatic carbocycles. The molecule has 0 bridgehead atoms. The van der Waals surface area contributed by atoms with E-state index in [2.05, 4.69) is 6.92 Å². The Morgan fingerprint density at radius 3 is 2.80 bits per heavy atom. The van der Waals surface area contributed by atoms with Crippen LogP contribution in [0.2, 0.25) is 0 Å². The van der Waals surface area contributed by atoms with Crippen LogP contribution in [0.5, 0.6) is 0 Å². The highest BCUT2D eigenvalue weighted by Crippen LogP contribution is 2.34. The Morgan fingerprint density at radius 1 is 1.40 bits per heavy atom. The third kappa shape index (κ3) is 3.44. The highest BCUT2D eigenvalue weighted by Gasteiger charge is 2.28. The topological polar surface area (TPSA) is 66.6 Å². The third-order valence-corrected chi connectivity index (χ3v) is 4.33. The van der Waals surface area contributed by atoms with Crippen LogP contribution in [0.1, 0.15) is 39.0 Å². The summed E-state index contributed by atoms with van der Waals surface area (Å²) in [6, 6.07) is 7.85. The highest BCUT2D eigenvalue weighted by atomic mass is 16.4. The van der Waals surface area contributed by atoms with Gasteiger partial charge in [-0.05, 0) is 30.9 Å². The number of nitrogen functional groups attached to an aromatic ring is 1. The maximum absolute atomic E-state index is 11.2. The van der Waals surface area contributed by atoms with Crippen LogP contribution < -0.4 is 10.6 Å². The van der Waals surface area contributed by atoms with Gasteiger partial charge in [-0.2, -0.15) is 0 Å². The summed E-state index contributed by atoms with van der Waals surface area (Å²) in [7, 11) is 0. The summed E-state index contributed by atoms with van der Waals surface area (Å²) in [5.41, 5.74) is 7.55. The van der Waals surface area contributed by atoms with E-state index in [1.54, 1.807) is 0 Å². The molecule has 2 unspecified atom stereocenters. The Kier molecular flexibility index (Phi) is 4.88. The Bertz CT molecular complexity index is 462. The van der Waals surface area contributed by atoms with E-state index >= 15 is 0 Å². The van der Waals surface area contributed by atoms with Crippen molar-refractivity contribution in [3.8, 4) is 0 Å². The lowest BCUT2D eigenvalue weighted by Gasteiger charge is -2.38. The van der Waals surface area contributed by atoms with Gasteiger partial charge >= 0.3 is 5.97 Å². The Labute approximate surface area is 120 Å². The molecule has 0 aromatic heterocycles. The van der Waals surface area contributed by atoms with Gasteiger partial charge in [-0.3, -0.25) is 4.79 Å². The maximum Gasteiger partial charge on any atom is 0.323 e. The Morgan fingerprint density at radius 2 is 2.15 bits per heavy atom. The number of para-hydroxylation sites is 2. The molecule has 20 heavy (non-hydrogen) atoms. The number of aliphatic carboxylic acids is 1. The van der Waals surface area contributed by atoms with E-state index in [0.29, 0.717) is 11.6 Å². The standard InChI is InChI=1S/C16H24N2O2/c1-2-12-6-5-7-13(10-12)18(11-16(19)20)15-9-4-3-8-14(15)17/h3-4,8-9,12-13H,2,5-7,10-11,17H2,1H3,(H,19,20). The van der Waals surface area contributed by atoms with Crippen LogP contribution in [0.3, 0.4) is 0 Å². The van der Waals surface area contributed by atoms with Crippen LogP contribution in [-0.2, 0) is 4.79 Å². The van der Waals surface area contributed by atoms with Gasteiger partial charge in [-0.25, -0.2) is 0 Å². The molecule has 0 amide bonds. The van der Waals surface area contributed by atoms with Crippen molar-refractivity contribution >= 4 is 17.3 Å². The second kappa shape index (κ2) is 6.64. The SMILES string of the molecule is CCC1CCCC(N(CC(=O)O)c2ccccc2N)C1. The van der Waals surface area contributed by atoms with E-state index in [4.69, 9.17) is 5.73 Å². The molecular weight excluding hydrogens is 252 g/mol. The number of nitrogens with zero attached hydrogens (tertiary/aromatic N) is 1. The number of anilines is 2. The van der Waals surface area contributed by atoms with Gasteiger partial charge in [0, 0.05) is 6.04 Å². The van der Waals surface area contributed by atoms with Crippen LogP contribution in [0, 0.1) is 5.92 Å². The lowest BCUT2D eigenvalue weighted by Crippen LogP contribution is -2.42. The van der Waals surface area contributed by atoms with E-state index in [-0.39, 0.29) is 12.6 Å². The average molecular weight is 276 g/mol. The summed E-state index contributed by atoms with van der Waals surface area (Å²) in [6.45, 7) is 2.24. The van der Waals surface area contributed by atoms with E-state index < -0.39 is 5.97 Å². The molecule has 4 nitrogen and oxygen atoms in total. The smallest absolute Gasteiger partial charge is 0.323 e. The lowest BCUT2D eigenvalue weighted by molar-refractivity contribution is -0.135. The van der Waals surface area contributed by atoms with Crippen LogP contribution in [-0.4, -0.2) is 23.7 Å². The fourth-order valence-electron chi connectivity index (χ4n) is 3.22. The summed E-state index contributed by atoms with van der Waals surface area (Å²) >= 11 is 0. The molecule has 2 atom stereocenters. The molecular formula is C16H24N2O2. The molecule has 4 heteroatoms. The molecule has 0 heterocycles. The first-order valence-electron chi connectivity index (χ1n) is 7.44. The van der Waals surface area contributed by atoms with Crippen molar-refractivity contribution in [2.45, 2.75) is 45.1 Å². The van der Waals surface area contributed by atoms with Crippen molar-refractivity contribution in [2.75, 3.05) is 17.2 Å². The summed E-state index contributed by atoms with van der Waals surface area (Å²) in [4.78, 5) is 13.2. The third-order valence-electron chi connectivity index (χ3n) is 4.33. The second-order valence-electron chi connectivity index (χ2n) is 5.68. The van der Waals surface area contributed by atoms with Crippen LogP contribution in [0.15, 0.2) is 24.3 Å². The molecule has 0 radical (unpaired) electrons. The van der Waals surface area contributed by atoms with E-state index in [9.17, 15) is 9.90 Å². The molecule has 1 aliphatic rings. The molecule has 0 aliphatic heterocycles. The van der Waals surface area contributed by atoms with Gasteiger partial charge in [-0.15, -0.1) is 0 Å². The zero-order valence-corrected chi connectivity index (χ0v) is 12.1. The maximum atomic E-state index is 11.2. The largest absolute Gasteiger partial charge is 0.480 e. The molecule has 110 valence electrons. The predicted molar refractivity (Wildman–Crippen MR) is 81.9 cm³/mol. The van der Waals surface area contributed by atoms with Gasteiger partial charge in [0.15, 0.2) is 0 Å². The highest BCUT2D eigenvalue weighted by molar-refractivity contribution is 5.77. The quantitative estimate of drug-likeness (QED) is 0.811. The van der Waals surface area contributed by atoms with Crippen LogP contribution in [0.4, 0.5) is 11.4 Å². The Balaban J connectivity index is 2.23. The fourth-order valence-corrected chi connectivity index (χ4v) is 3.22. The van der Waals surface area contributed by atoms with Crippen LogP contribution >= 0.6 is 0 Å². The second-order valence-corrected chi connectivity index (χ2v) is 5.68. The number of carboxylic acid groups (broad SMARTS) is 1. The fraction of sp³-hybridized carbons (Fsp3) is 0.562. The molecule has 2 rings (SSSR count). The minimum Gasteiger partial charge on any atom is -0.480 e. The Hall–Kier alpha value is -1.71. The van der Waals surface area contributed by atoms with E-state index in [0.717, 1.165) is 18.5 Å². The van der Waals surface area contributed by atoms with E-state index in [1.807, 2.05) is 29.2 Å². The minimum absolute atomic E-state index is 0.0231. The summed E-state index contributed by atoms with van der Waals surface area (Å²) in [5, 5.41) is 9.21. The van der Waals surface area contributed by atoms with E-state index in [1.165, 1.54) is 19.3 Å². The number of carboxylic acids is 1. The molecule has 0 spiro atoms. The monoisotopic (exact) mass is 276 g/mol. The number of rotatable bonds is 5. The molecule has 1 fully saturated rings. The van der Waals surface area contributed by atoms with Crippen molar-refractivity contribution in [1.82, 2.24) is 0 Å². The first-order chi connectivity index (χ1) is 9.61. The number of hydrogen-bond donors (Lipinski definition) is 2. The molecule has 3 N–H and O–H groups in total. The molecule has 1 saturated carbocycles. The number of hydrogen-bond acceptors (Lipinski definition) is 3.